The SMILES string of the molecule is COc1cc(CN[C@H]2CCC[C@@H](Oc3cccc(Cl)c3)[C@@H]2O)cc(OC)c1OC. The largest absolute Gasteiger partial charge is 0.493 e. The first-order chi connectivity index (χ1) is 14.0. The summed E-state index contributed by atoms with van der Waals surface area (Å²) in [4.78, 5) is 0. The third kappa shape index (κ3) is 5.26. The Balaban J connectivity index is 1.65. The van der Waals surface area contributed by atoms with Crippen molar-refractivity contribution in [2.45, 2.75) is 44.1 Å². The number of ether oxygens (including phenoxy) is 4. The predicted molar refractivity (Wildman–Crippen MR) is 112 cm³/mol. The van der Waals surface area contributed by atoms with Crippen LogP contribution in [-0.4, -0.2) is 44.7 Å². The number of aliphatic hydroxyl groups is 1. The van der Waals surface area contributed by atoms with E-state index in [1.807, 2.05) is 24.3 Å². The van der Waals surface area contributed by atoms with Crippen LogP contribution < -0.4 is 24.3 Å². The molecule has 0 aromatic heterocycles. The summed E-state index contributed by atoms with van der Waals surface area (Å²) in [6.45, 7) is 0.558. The van der Waals surface area contributed by atoms with Gasteiger partial charge in [-0.3, -0.25) is 0 Å². The summed E-state index contributed by atoms with van der Waals surface area (Å²) in [7, 11) is 4.77. The van der Waals surface area contributed by atoms with Crippen LogP contribution in [0.25, 0.3) is 0 Å². The Morgan fingerprint density at radius 1 is 1.03 bits per heavy atom. The van der Waals surface area contributed by atoms with Gasteiger partial charge in [0.25, 0.3) is 0 Å². The fourth-order valence-electron chi connectivity index (χ4n) is 3.69. The minimum Gasteiger partial charge on any atom is -0.493 e. The summed E-state index contributed by atoms with van der Waals surface area (Å²) >= 11 is 6.03. The average molecular weight is 422 g/mol. The predicted octanol–water partition coefficient (Wildman–Crippen LogP) is 3.82. The van der Waals surface area contributed by atoms with Crippen LogP contribution in [0.1, 0.15) is 24.8 Å². The zero-order chi connectivity index (χ0) is 20.8. The Morgan fingerprint density at radius 2 is 1.76 bits per heavy atom. The van der Waals surface area contributed by atoms with Crippen molar-refractivity contribution in [3.63, 3.8) is 0 Å². The van der Waals surface area contributed by atoms with Crippen molar-refractivity contribution in [1.29, 1.82) is 0 Å². The molecule has 2 aromatic rings. The topological polar surface area (TPSA) is 69.2 Å². The van der Waals surface area contributed by atoms with E-state index >= 15 is 0 Å². The highest BCUT2D eigenvalue weighted by atomic mass is 35.5. The number of hydrogen-bond donors (Lipinski definition) is 2. The molecule has 7 heteroatoms. The molecule has 2 aromatic carbocycles. The van der Waals surface area contributed by atoms with E-state index in [0.29, 0.717) is 34.6 Å². The number of nitrogens with one attached hydrogen (secondary N) is 1. The zero-order valence-electron chi connectivity index (χ0n) is 17.0. The third-order valence-electron chi connectivity index (χ3n) is 5.17. The molecule has 6 nitrogen and oxygen atoms in total. The second-order valence-corrected chi connectivity index (χ2v) is 7.49. The highest BCUT2D eigenvalue weighted by Crippen LogP contribution is 2.38. The van der Waals surface area contributed by atoms with Crippen LogP contribution in [0.4, 0.5) is 0 Å². The lowest BCUT2D eigenvalue weighted by molar-refractivity contribution is -0.0157. The molecule has 0 unspecified atom stereocenters. The minimum atomic E-state index is -0.621. The quantitative estimate of drug-likeness (QED) is 0.675. The van der Waals surface area contributed by atoms with E-state index in [4.69, 9.17) is 30.5 Å². The lowest BCUT2D eigenvalue weighted by Crippen LogP contribution is -2.50. The van der Waals surface area contributed by atoms with Crippen molar-refractivity contribution in [1.82, 2.24) is 5.32 Å². The number of methoxy groups -OCH3 is 3. The van der Waals surface area contributed by atoms with Gasteiger partial charge in [0, 0.05) is 17.6 Å². The summed E-state index contributed by atoms with van der Waals surface area (Å²) in [5.41, 5.74) is 0.976. The van der Waals surface area contributed by atoms with Gasteiger partial charge in [-0.1, -0.05) is 17.7 Å². The Bertz CT molecular complexity index is 791. The van der Waals surface area contributed by atoms with Gasteiger partial charge in [0.1, 0.15) is 18.0 Å². The maximum absolute atomic E-state index is 10.8. The summed E-state index contributed by atoms with van der Waals surface area (Å²) < 4.78 is 22.2. The Labute approximate surface area is 176 Å². The van der Waals surface area contributed by atoms with Crippen molar-refractivity contribution in [2.75, 3.05) is 21.3 Å². The molecular weight excluding hydrogens is 394 g/mol. The van der Waals surface area contributed by atoms with E-state index in [2.05, 4.69) is 5.32 Å². The van der Waals surface area contributed by atoms with Crippen LogP contribution >= 0.6 is 11.6 Å². The molecule has 0 radical (unpaired) electrons. The third-order valence-corrected chi connectivity index (χ3v) is 5.41. The van der Waals surface area contributed by atoms with Crippen molar-refractivity contribution >= 4 is 11.6 Å². The maximum atomic E-state index is 10.8. The molecule has 0 bridgehead atoms. The first-order valence-corrected chi connectivity index (χ1v) is 10.1. The Kier molecular flexibility index (Phi) is 7.47. The van der Waals surface area contributed by atoms with E-state index in [0.717, 1.165) is 24.8 Å². The maximum Gasteiger partial charge on any atom is 0.203 e. The second kappa shape index (κ2) is 10.1. The molecule has 158 valence electrons. The molecule has 1 saturated carbocycles. The molecule has 1 aliphatic rings. The summed E-state index contributed by atoms with van der Waals surface area (Å²) in [6, 6.07) is 11.0. The van der Waals surface area contributed by atoms with Crippen molar-refractivity contribution in [3.8, 4) is 23.0 Å². The van der Waals surface area contributed by atoms with Crippen molar-refractivity contribution in [3.05, 3.63) is 47.0 Å². The van der Waals surface area contributed by atoms with E-state index in [9.17, 15) is 5.11 Å². The van der Waals surface area contributed by atoms with Gasteiger partial charge in [-0.15, -0.1) is 0 Å². The fraction of sp³-hybridized carbons (Fsp3) is 0.455. The molecule has 0 saturated heterocycles. The lowest BCUT2D eigenvalue weighted by atomic mass is 9.89. The average Bonchev–Trinajstić information content (AvgIpc) is 2.73. The van der Waals surface area contributed by atoms with E-state index < -0.39 is 6.10 Å². The second-order valence-electron chi connectivity index (χ2n) is 7.06. The molecule has 1 aliphatic carbocycles. The van der Waals surface area contributed by atoms with Crippen LogP contribution in [-0.2, 0) is 6.54 Å². The van der Waals surface area contributed by atoms with E-state index in [1.54, 1.807) is 33.5 Å². The number of rotatable bonds is 8. The molecule has 29 heavy (non-hydrogen) atoms. The van der Waals surface area contributed by atoms with Gasteiger partial charge in [0.05, 0.1) is 21.3 Å². The van der Waals surface area contributed by atoms with Crippen molar-refractivity contribution in [2.24, 2.45) is 0 Å². The molecule has 2 N–H and O–H groups in total. The van der Waals surface area contributed by atoms with Gasteiger partial charge >= 0.3 is 0 Å². The van der Waals surface area contributed by atoms with Gasteiger partial charge in [-0.25, -0.2) is 0 Å². The van der Waals surface area contributed by atoms with Gasteiger partial charge in [0.15, 0.2) is 11.5 Å². The molecule has 3 rings (SSSR count). The number of benzene rings is 2. The van der Waals surface area contributed by atoms with Gasteiger partial charge < -0.3 is 29.4 Å². The normalized spacial score (nSPS) is 21.5. The van der Waals surface area contributed by atoms with Crippen LogP contribution in [0.15, 0.2) is 36.4 Å². The zero-order valence-corrected chi connectivity index (χ0v) is 17.7. The number of hydrogen-bond acceptors (Lipinski definition) is 6. The highest BCUT2D eigenvalue weighted by Gasteiger charge is 2.33. The molecule has 0 heterocycles. The van der Waals surface area contributed by atoms with Gasteiger partial charge in [0.2, 0.25) is 5.75 Å². The number of halogens is 1. The van der Waals surface area contributed by atoms with E-state index in [1.165, 1.54) is 0 Å². The van der Waals surface area contributed by atoms with Crippen LogP contribution in [0.3, 0.4) is 0 Å². The molecule has 0 aliphatic heterocycles. The molecule has 0 spiro atoms. The van der Waals surface area contributed by atoms with E-state index in [-0.39, 0.29) is 12.1 Å². The number of aliphatic hydroxyl groups excluding tert-OH is 1. The van der Waals surface area contributed by atoms with Gasteiger partial charge in [-0.2, -0.15) is 0 Å². The minimum absolute atomic E-state index is 0.0768. The highest BCUT2D eigenvalue weighted by molar-refractivity contribution is 6.30. The first-order valence-electron chi connectivity index (χ1n) is 9.68. The molecule has 0 amide bonds. The molecular formula is C22H28ClNO5. The molecule has 3 atom stereocenters. The fourth-order valence-corrected chi connectivity index (χ4v) is 3.87. The van der Waals surface area contributed by atoms with Crippen molar-refractivity contribution < 1.29 is 24.1 Å². The summed E-state index contributed by atoms with van der Waals surface area (Å²) in [5, 5.41) is 14.9. The molecule has 1 fully saturated rings. The van der Waals surface area contributed by atoms with Crippen LogP contribution in [0, 0.1) is 0 Å². The van der Waals surface area contributed by atoms with Crippen LogP contribution in [0.2, 0.25) is 5.02 Å². The monoisotopic (exact) mass is 421 g/mol. The van der Waals surface area contributed by atoms with Crippen LogP contribution in [0.5, 0.6) is 23.0 Å². The Hall–Kier alpha value is -2.15. The van der Waals surface area contributed by atoms with Gasteiger partial charge in [-0.05, 0) is 55.2 Å². The first kappa shape index (κ1) is 21.6. The summed E-state index contributed by atoms with van der Waals surface area (Å²) in [5.74, 6) is 2.45. The smallest absolute Gasteiger partial charge is 0.203 e. The summed E-state index contributed by atoms with van der Waals surface area (Å²) in [6.07, 6.45) is 1.75. The lowest BCUT2D eigenvalue weighted by Gasteiger charge is -2.35. The standard InChI is InChI=1S/C22H28ClNO5/c1-26-19-10-14(11-20(27-2)22(19)28-3)13-24-17-8-5-9-18(21(17)25)29-16-7-4-6-15(23)12-16/h4,6-7,10-12,17-18,21,24-25H,5,8-9,13H2,1-3H3/t17-,18+,21+/m0/s1. The Morgan fingerprint density at radius 3 is 2.38 bits per heavy atom.